The normalized spacial score (nSPS) is 16.9. The number of esters is 1. The highest BCUT2D eigenvalue weighted by atomic mass is 32.2. The van der Waals surface area contributed by atoms with Crippen molar-refractivity contribution in [2.45, 2.75) is 58.1 Å². The summed E-state index contributed by atoms with van der Waals surface area (Å²) in [7, 11) is -3.24. The highest BCUT2D eigenvalue weighted by Gasteiger charge is 2.47. The lowest BCUT2D eigenvalue weighted by atomic mass is 9.96. The molecule has 4 aromatic rings. The Morgan fingerprint density at radius 2 is 1.68 bits per heavy atom. The number of furan rings is 1. The number of aryl methyl sites for hydroxylation is 2. The third-order valence-electron chi connectivity index (χ3n) is 8.41. The molecule has 0 spiro atoms. The molecule has 1 unspecified atom stereocenters. The van der Waals surface area contributed by atoms with E-state index < -0.39 is 38.7 Å². The van der Waals surface area contributed by atoms with Crippen molar-refractivity contribution in [3.05, 3.63) is 119 Å². The third-order valence-corrected chi connectivity index (χ3v) is 10.3. The van der Waals surface area contributed by atoms with Crippen LogP contribution in [-0.2, 0) is 32.6 Å². The van der Waals surface area contributed by atoms with E-state index in [9.17, 15) is 18.0 Å². The van der Waals surface area contributed by atoms with E-state index in [-0.39, 0.29) is 12.2 Å². The predicted octanol–water partition coefficient (Wildman–Crippen LogP) is 6.47. The van der Waals surface area contributed by atoms with E-state index in [1.54, 1.807) is 39.0 Å². The molecule has 0 bridgehead atoms. The Labute approximate surface area is 275 Å². The molecule has 0 fully saturated rings. The number of benzene rings is 3. The van der Waals surface area contributed by atoms with E-state index in [0.29, 0.717) is 35.3 Å². The second-order valence-corrected chi connectivity index (χ2v) is 13.9. The predicted molar refractivity (Wildman–Crippen MR) is 182 cm³/mol. The van der Waals surface area contributed by atoms with E-state index >= 15 is 0 Å². The molecule has 3 aromatic carbocycles. The molecule has 9 nitrogen and oxygen atoms in total. The summed E-state index contributed by atoms with van der Waals surface area (Å²) in [4.78, 5) is 24.7. The van der Waals surface area contributed by atoms with Crippen molar-refractivity contribution in [2.24, 2.45) is 5.92 Å². The molecule has 2 N–H and O–H groups in total. The van der Waals surface area contributed by atoms with Gasteiger partial charge < -0.3 is 19.2 Å². The standard InChI is InChI=1S/C37H40N2O7S/c1-6-27-17-18-30-31(34(27)45-23-26-13-9-7-10-14-26)25(4)33(46-30)35(40)38-37(47(42,43)39-32(24(2)3)36(41)44-5)21-19-29(20-22-37)28-15-11-8-12-16-28/h7-21,24,32,39H,6,22-23H2,1-5H3,(H,38,40)/t32-,37?/m0/s1. The number of sulfonamides is 1. The number of rotatable bonds is 12. The summed E-state index contributed by atoms with van der Waals surface area (Å²) in [5.41, 5.74) is 4.59. The highest BCUT2D eigenvalue weighted by Crippen LogP contribution is 2.38. The van der Waals surface area contributed by atoms with Crippen molar-refractivity contribution in [3.63, 3.8) is 0 Å². The van der Waals surface area contributed by atoms with Crippen LogP contribution in [-0.4, -0.2) is 38.3 Å². The van der Waals surface area contributed by atoms with Gasteiger partial charge in [0.25, 0.3) is 5.91 Å². The van der Waals surface area contributed by atoms with E-state index in [0.717, 1.165) is 22.3 Å². The first-order chi connectivity index (χ1) is 22.5. The van der Waals surface area contributed by atoms with Crippen LogP contribution in [0.25, 0.3) is 16.5 Å². The van der Waals surface area contributed by atoms with Crippen molar-refractivity contribution in [2.75, 3.05) is 7.11 Å². The third kappa shape index (κ3) is 6.89. The SMILES string of the molecule is CCc1ccc2oc(C(=O)NC3(S(=O)(=O)N[C@H](C(=O)OC)C(C)C)C=CC(c4ccccc4)=CC3)c(C)c2c1OCc1ccccc1. The average molecular weight is 657 g/mol. The highest BCUT2D eigenvalue weighted by molar-refractivity contribution is 7.91. The lowest BCUT2D eigenvalue weighted by Gasteiger charge is -2.34. The first-order valence-corrected chi connectivity index (χ1v) is 17.1. The maximum atomic E-state index is 14.2. The fourth-order valence-electron chi connectivity index (χ4n) is 5.67. The molecule has 0 aliphatic heterocycles. The van der Waals surface area contributed by atoms with Crippen LogP contribution in [0.4, 0.5) is 0 Å². The Morgan fingerprint density at radius 3 is 2.28 bits per heavy atom. The zero-order valence-electron chi connectivity index (χ0n) is 27.2. The quantitative estimate of drug-likeness (QED) is 0.168. The zero-order chi connectivity index (χ0) is 33.8. The first-order valence-electron chi connectivity index (χ1n) is 15.6. The van der Waals surface area contributed by atoms with Gasteiger partial charge in [0.05, 0.1) is 12.5 Å². The van der Waals surface area contributed by atoms with Crippen LogP contribution >= 0.6 is 0 Å². The second-order valence-electron chi connectivity index (χ2n) is 11.9. The van der Waals surface area contributed by atoms with Crippen molar-refractivity contribution in [1.29, 1.82) is 0 Å². The van der Waals surface area contributed by atoms with Gasteiger partial charge in [-0.25, -0.2) is 8.42 Å². The molecule has 246 valence electrons. The largest absolute Gasteiger partial charge is 0.488 e. The van der Waals surface area contributed by atoms with Gasteiger partial charge in [0, 0.05) is 12.0 Å². The number of allylic oxidation sites excluding steroid dienone is 2. The van der Waals surface area contributed by atoms with Crippen molar-refractivity contribution >= 4 is 38.4 Å². The number of carbonyl (C=O) groups is 2. The minimum atomic E-state index is -4.43. The average Bonchev–Trinajstić information content (AvgIpc) is 3.43. The first kappa shape index (κ1) is 33.7. The van der Waals surface area contributed by atoms with Gasteiger partial charge in [0.15, 0.2) is 10.6 Å². The van der Waals surface area contributed by atoms with E-state index in [1.807, 2.05) is 73.7 Å². The molecule has 47 heavy (non-hydrogen) atoms. The van der Waals surface area contributed by atoms with Crippen molar-refractivity contribution in [3.8, 4) is 5.75 Å². The zero-order valence-corrected chi connectivity index (χ0v) is 28.0. The van der Waals surface area contributed by atoms with E-state index in [4.69, 9.17) is 13.9 Å². The molecule has 0 radical (unpaired) electrons. The number of ether oxygens (including phenoxy) is 2. The monoisotopic (exact) mass is 656 g/mol. The lowest BCUT2D eigenvalue weighted by molar-refractivity contribution is -0.143. The Morgan fingerprint density at radius 1 is 1.00 bits per heavy atom. The van der Waals surface area contributed by atoms with Crippen LogP contribution in [0.5, 0.6) is 5.75 Å². The van der Waals surface area contributed by atoms with E-state index in [1.165, 1.54) is 13.2 Å². The summed E-state index contributed by atoms with van der Waals surface area (Å²) < 4.78 is 48.2. The Bertz CT molecular complexity index is 1930. The van der Waals surface area contributed by atoms with Gasteiger partial charge in [-0.05, 0) is 53.7 Å². The molecular weight excluding hydrogens is 616 g/mol. The molecule has 1 amide bonds. The molecule has 1 heterocycles. The van der Waals surface area contributed by atoms with Crippen LogP contribution in [0, 0.1) is 12.8 Å². The van der Waals surface area contributed by atoms with Gasteiger partial charge in [-0.3, -0.25) is 9.59 Å². The summed E-state index contributed by atoms with van der Waals surface area (Å²) in [6.07, 6.45) is 5.45. The van der Waals surface area contributed by atoms with Crippen LogP contribution in [0.15, 0.2) is 95.4 Å². The summed E-state index contributed by atoms with van der Waals surface area (Å²) in [6.45, 7) is 7.51. The molecule has 0 saturated heterocycles. The molecule has 5 rings (SSSR count). The number of hydrogen-bond acceptors (Lipinski definition) is 7. The summed E-state index contributed by atoms with van der Waals surface area (Å²) in [5.74, 6) is -1.30. The van der Waals surface area contributed by atoms with Gasteiger partial charge in [-0.15, -0.1) is 0 Å². The maximum Gasteiger partial charge on any atom is 0.324 e. The van der Waals surface area contributed by atoms with Gasteiger partial charge in [0.2, 0.25) is 10.0 Å². The fraction of sp³-hybridized carbons (Fsp3) is 0.297. The smallest absolute Gasteiger partial charge is 0.324 e. The van der Waals surface area contributed by atoms with Crippen LogP contribution in [0.2, 0.25) is 0 Å². The molecule has 0 saturated carbocycles. The number of amides is 1. The van der Waals surface area contributed by atoms with Gasteiger partial charge in [-0.2, -0.15) is 4.72 Å². The van der Waals surface area contributed by atoms with E-state index in [2.05, 4.69) is 10.0 Å². The van der Waals surface area contributed by atoms with Gasteiger partial charge in [-0.1, -0.05) is 99.7 Å². The minimum Gasteiger partial charge on any atom is -0.488 e. The molecule has 10 heteroatoms. The maximum absolute atomic E-state index is 14.2. The lowest BCUT2D eigenvalue weighted by Crippen LogP contribution is -2.60. The fourth-order valence-corrected chi connectivity index (χ4v) is 7.36. The summed E-state index contributed by atoms with van der Waals surface area (Å²) in [5, 5.41) is 3.41. The minimum absolute atomic E-state index is 0.0352. The number of methoxy groups -OCH3 is 1. The number of fused-ring (bicyclic) bond motifs is 1. The Balaban J connectivity index is 1.53. The van der Waals surface area contributed by atoms with Crippen LogP contribution in [0.1, 0.15) is 60.0 Å². The molecule has 1 aliphatic carbocycles. The molecule has 2 atom stereocenters. The Kier molecular flexibility index (Phi) is 10.0. The van der Waals surface area contributed by atoms with Crippen molar-refractivity contribution < 1.29 is 31.9 Å². The van der Waals surface area contributed by atoms with Gasteiger partial charge >= 0.3 is 5.97 Å². The molecular formula is C37H40N2O7S. The summed E-state index contributed by atoms with van der Waals surface area (Å²) >= 11 is 0. The Hall–Kier alpha value is -4.67. The number of nitrogens with one attached hydrogen (secondary N) is 2. The summed E-state index contributed by atoms with van der Waals surface area (Å²) in [6, 6.07) is 21.8. The number of carbonyl (C=O) groups excluding carboxylic acids is 2. The van der Waals surface area contributed by atoms with Crippen molar-refractivity contribution in [1.82, 2.24) is 10.0 Å². The van der Waals surface area contributed by atoms with Gasteiger partial charge in [0.1, 0.15) is 24.0 Å². The number of hydrogen-bond donors (Lipinski definition) is 2. The molecule has 1 aliphatic rings. The van der Waals surface area contributed by atoms with Crippen LogP contribution in [0.3, 0.4) is 0 Å². The topological polar surface area (TPSA) is 124 Å². The van der Waals surface area contributed by atoms with Crippen LogP contribution < -0.4 is 14.8 Å². The second kappa shape index (κ2) is 14.0. The molecule has 1 aromatic heterocycles.